The van der Waals surface area contributed by atoms with Gasteiger partial charge in [0.15, 0.2) is 0 Å². The molecular weight excluding hydrogens is 233 g/mol. The van der Waals surface area contributed by atoms with Crippen LogP contribution in [0.15, 0.2) is 24.3 Å². The second kappa shape index (κ2) is 4.59. The van der Waals surface area contributed by atoms with Crippen molar-refractivity contribution in [2.75, 3.05) is 0 Å². The Morgan fingerprint density at radius 3 is 2.38 bits per heavy atom. The van der Waals surface area contributed by atoms with E-state index in [1.165, 1.54) is 6.07 Å². The van der Waals surface area contributed by atoms with E-state index < -0.39 is 17.3 Å². The molecule has 0 fully saturated rings. The summed E-state index contributed by atoms with van der Waals surface area (Å²) < 4.78 is 42.3. The average Bonchev–Trinajstić information content (AvgIpc) is 2.16. The van der Waals surface area contributed by atoms with Gasteiger partial charge < -0.3 is 4.43 Å². The van der Waals surface area contributed by atoms with Crippen LogP contribution in [0.4, 0.5) is 13.2 Å². The van der Waals surface area contributed by atoms with Gasteiger partial charge in [0.1, 0.15) is 0 Å². The lowest BCUT2D eigenvalue weighted by atomic mass is 9.97. The molecule has 1 aromatic carbocycles. The fourth-order valence-corrected chi connectivity index (χ4v) is 1.46. The molecule has 16 heavy (non-hydrogen) atoms. The number of halogens is 3. The largest absolute Gasteiger partial charge is 0.416 e. The summed E-state index contributed by atoms with van der Waals surface area (Å²) in [6, 6.07) is 5.27. The lowest BCUT2D eigenvalue weighted by Gasteiger charge is -2.23. The number of alkyl halides is 3. The fraction of sp³-hybridized carbons (Fsp3) is 0.455. The zero-order valence-electron chi connectivity index (χ0n) is 9.06. The van der Waals surface area contributed by atoms with Gasteiger partial charge in [-0.05, 0) is 31.9 Å². The summed E-state index contributed by atoms with van der Waals surface area (Å²) in [5.41, 5.74) is -0.575. The molecule has 3 radical (unpaired) electrons. The molecule has 0 spiro atoms. The Labute approximate surface area is 96.2 Å². The van der Waals surface area contributed by atoms with Crippen molar-refractivity contribution < 1.29 is 17.6 Å². The third-order valence-electron chi connectivity index (χ3n) is 2.16. The average molecular weight is 245 g/mol. The quantitative estimate of drug-likeness (QED) is 0.743. The Morgan fingerprint density at radius 1 is 1.25 bits per heavy atom. The molecule has 5 heteroatoms. The van der Waals surface area contributed by atoms with Crippen molar-refractivity contribution in [3.05, 3.63) is 35.4 Å². The standard InChI is InChI=1S/C11H12F3OSi/c1-10(2,15-16)7-8-4-3-5-9(6-8)11(12,13)14/h3-6H,7H2,1-2H3. The molecule has 0 amide bonds. The molecule has 0 saturated carbocycles. The van der Waals surface area contributed by atoms with Crippen LogP contribution in [-0.2, 0) is 17.0 Å². The van der Waals surface area contributed by atoms with E-state index in [1.54, 1.807) is 19.9 Å². The van der Waals surface area contributed by atoms with E-state index in [0.717, 1.165) is 12.1 Å². The molecule has 0 unspecified atom stereocenters. The minimum absolute atomic E-state index is 0.403. The molecule has 87 valence electrons. The van der Waals surface area contributed by atoms with E-state index in [4.69, 9.17) is 4.43 Å². The van der Waals surface area contributed by atoms with Gasteiger partial charge in [-0.3, -0.25) is 0 Å². The van der Waals surface area contributed by atoms with Gasteiger partial charge in [-0.1, -0.05) is 18.2 Å². The van der Waals surface area contributed by atoms with Gasteiger partial charge in [-0.2, -0.15) is 13.2 Å². The topological polar surface area (TPSA) is 9.23 Å². The van der Waals surface area contributed by atoms with Gasteiger partial charge in [0.05, 0.1) is 11.2 Å². The normalized spacial score (nSPS) is 12.9. The highest BCUT2D eigenvalue weighted by Gasteiger charge is 2.30. The summed E-state index contributed by atoms with van der Waals surface area (Å²) in [4.78, 5) is 0. The molecule has 0 heterocycles. The molecule has 1 rings (SSSR count). The Hall–Kier alpha value is -0.813. The molecule has 0 aliphatic heterocycles. The van der Waals surface area contributed by atoms with Crippen molar-refractivity contribution >= 4 is 10.5 Å². The Bertz CT molecular complexity index is 360. The second-order valence-electron chi connectivity index (χ2n) is 4.24. The van der Waals surface area contributed by atoms with Gasteiger partial charge in [0, 0.05) is 0 Å². The van der Waals surface area contributed by atoms with Crippen LogP contribution in [0.5, 0.6) is 0 Å². The second-order valence-corrected chi connectivity index (χ2v) is 4.44. The number of rotatable bonds is 3. The highest BCUT2D eigenvalue weighted by molar-refractivity contribution is 5.98. The van der Waals surface area contributed by atoms with Gasteiger partial charge in [0.25, 0.3) is 0 Å². The van der Waals surface area contributed by atoms with E-state index in [0.29, 0.717) is 12.0 Å². The Balaban J connectivity index is 2.92. The zero-order valence-corrected chi connectivity index (χ0v) is 10.1. The summed E-state index contributed by atoms with van der Waals surface area (Å²) in [7, 11) is 2.91. The third-order valence-corrected chi connectivity index (χ3v) is 2.71. The molecule has 1 aromatic rings. The minimum atomic E-state index is -4.30. The predicted molar refractivity (Wildman–Crippen MR) is 56.1 cm³/mol. The maximum Gasteiger partial charge on any atom is 0.416 e. The molecular formula is C11H12F3OSi. The van der Waals surface area contributed by atoms with Crippen molar-refractivity contribution in [3.63, 3.8) is 0 Å². The van der Waals surface area contributed by atoms with Crippen LogP contribution in [-0.4, -0.2) is 16.1 Å². The smallest absolute Gasteiger partial charge is 0.413 e. The number of benzene rings is 1. The number of hydrogen-bond donors (Lipinski definition) is 0. The van der Waals surface area contributed by atoms with Crippen LogP contribution >= 0.6 is 0 Å². The molecule has 0 atom stereocenters. The first-order valence-electron chi connectivity index (χ1n) is 4.75. The van der Waals surface area contributed by atoms with Gasteiger partial charge in [-0.25, -0.2) is 0 Å². The van der Waals surface area contributed by atoms with E-state index in [9.17, 15) is 13.2 Å². The SMILES string of the molecule is CC(C)(Cc1cccc(C(F)(F)F)c1)O[Si]. The van der Waals surface area contributed by atoms with Crippen LogP contribution in [0.25, 0.3) is 0 Å². The van der Waals surface area contributed by atoms with Crippen LogP contribution in [0, 0.1) is 0 Å². The van der Waals surface area contributed by atoms with E-state index in [2.05, 4.69) is 10.5 Å². The lowest BCUT2D eigenvalue weighted by molar-refractivity contribution is -0.137. The van der Waals surface area contributed by atoms with E-state index >= 15 is 0 Å². The van der Waals surface area contributed by atoms with Crippen molar-refractivity contribution in [2.45, 2.75) is 32.0 Å². The maximum absolute atomic E-state index is 12.4. The van der Waals surface area contributed by atoms with Crippen molar-refractivity contribution in [3.8, 4) is 0 Å². The molecule has 0 aliphatic carbocycles. The molecule has 0 bridgehead atoms. The fourth-order valence-electron chi connectivity index (χ4n) is 1.39. The summed E-state index contributed by atoms with van der Waals surface area (Å²) in [5.74, 6) is 0. The van der Waals surface area contributed by atoms with Crippen LogP contribution < -0.4 is 0 Å². The molecule has 0 N–H and O–H groups in total. The first-order valence-corrected chi connectivity index (χ1v) is 5.16. The zero-order chi connectivity index (χ0) is 12.4. The van der Waals surface area contributed by atoms with Crippen molar-refractivity contribution in [2.24, 2.45) is 0 Å². The minimum Gasteiger partial charge on any atom is -0.413 e. The predicted octanol–water partition coefficient (Wildman–Crippen LogP) is 3.13. The van der Waals surface area contributed by atoms with Crippen molar-refractivity contribution in [1.29, 1.82) is 0 Å². The summed E-state index contributed by atoms with van der Waals surface area (Å²) in [5, 5.41) is 0. The molecule has 0 aromatic heterocycles. The summed E-state index contributed by atoms with van der Waals surface area (Å²) in [6.45, 7) is 3.58. The first kappa shape index (κ1) is 13.3. The van der Waals surface area contributed by atoms with Gasteiger partial charge in [0.2, 0.25) is 10.5 Å². The van der Waals surface area contributed by atoms with Crippen LogP contribution in [0.3, 0.4) is 0 Å². The first-order chi connectivity index (χ1) is 7.24. The third kappa shape index (κ3) is 3.64. The highest BCUT2D eigenvalue weighted by Crippen LogP contribution is 2.30. The van der Waals surface area contributed by atoms with Gasteiger partial charge >= 0.3 is 6.18 Å². The number of hydrogen-bond acceptors (Lipinski definition) is 1. The highest BCUT2D eigenvalue weighted by atomic mass is 28.2. The molecule has 0 aliphatic rings. The summed E-state index contributed by atoms with van der Waals surface area (Å²) >= 11 is 0. The molecule has 0 saturated heterocycles. The van der Waals surface area contributed by atoms with Crippen molar-refractivity contribution in [1.82, 2.24) is 0 Å². The van der Waals surface area contributed by atoms with E-state index in [1.807, 2.05) is 0 Å². The Morgan fingerprint density at radius 2 is 1.88 bits per heavy atom. The maximum atomic E-state index is 12.4. The Kier molecular flexibility index (Phi) is 3.80. The summed E-state index contributed by atoms with van der Waals surface area (Å²) in [6.07, 6.45) is -3.89. The molecule has 1 nitrogen and oxygen atoms in total. The van der Waals surface area contributed by atoms with Crippen LogP contribution in [0.1, 0.15) is 25.0 Å². The lowest BCUT2D eigenvalue weighted by Crippen LogP contribution is -2.26. The van der Waals surface area contributed by atoms with Crippen LogP contribution in [0.2, 0.25) is 0 Å². The monoisotopic (exact) mass is 245 g/mol. The van der Waals surface area contributed by atoms with Gasteiger partial charge in [-0.15, -0.1) is 0 Å². The van der Waals surface area contributed by atoms with E-state index in [-0.39, 0.29) is 0 Å².